The number of rotatable bonds is 4. The van der Waals surface area contributed by atoms with Gasteiger partial charge in [-0.05, 0) is 36.7 Å². The Labute approximate surface area is 132 Å². The number of nitrogens with one attached hydrogen (secondary N) is 1. The summed E-state index contributed by atoms with van der Waals surface area (Å²) >= 11 is 0. The third-order valence-corrected chi connectivity index (χ3v) is 5.14. The van der Waals surface area contributed by atoms with Gasteiger partial charge in [-0.1, -0.05) is 37.3 Å². The van der Waals surface area contributed by atoms with E-state index in [0.717, 1.165) is 32.4 Å². The lowest BCUT2D eigenvalue weighted by molar-refractivity contribution is -0.132. The van der Waals surface area contributed by atoms with Gasteiger partial charge in [0.15, 0.2) is 0 Å². The lowest BCUT2D eigenvalue weighted by Crippen LogP contribution is -2.43. The minimum atomic E-state index is -0.374. The highest BCUT2D eigenvalue weighted by Crippen LogP contribution is 2.35. The van der Waals surface area contributed by atoms with Crippen molar-refractivity contribution in [2.24, 2.45) is 5.41 Å². The summed E-state index contributed by atoms with van der Waals surface area (Å²) in [7, 11) is 0. The SMILES string of the molecule is CC1(CCc2ccccc2)CCN(C(=O)C2CC(O)CN2)C1. The fourth-order valence-corrected chi connectivity index (χ4v) is 3.63. The van der Waals surface area contributed by atoms with Crippen molar-refractivity contribution in [1.82, 2.24) is 10.2 Å². The van der Waals surface area contributed by atoms with Gasteiger partial charge in [-0.2, -0.15) is 0 Å². The van der Waals surface area contributed by atoms with E-state index in [1.54, 1.807) is 0 Å². The van der Waals surface area contributed by atoms with Gasteiger partial charge >= 0.3 is 0 Å². The molecule has 0 saturated carbocycles. The molecule has 2 heterocycles. The molecule has 3 rings (SSSR count). The van der Waals surface area contributed by atoms with Crippen LogP contribution in [0.25, 0.3) is 0 Å². The molecule has 1 aromatic carbocycles. The van der Waals surface area contributed by atoms with Crippen LogP contribution < -0.4 is 5.32 Å². The zero-order valence-electron chi connectivity index (χ0n) is 13.3. The highest BCUT2D eigenvalue weighted by Gasteiger charge is 2.39. The van der Waals surface area contributed by atoms with Gasteiger partial charge in [0.1, 0.15) is 0 Å². The average Bonchev–Trinajstić information content (AvgIpc) is 3.13. The number of aliphatic hydroxyl groups excluding tert-OH is 1. The number of β-amino-alcohol motifs (C(OH)–C–C–N with tert-alkyl or cyclic N) is 1. The fourth-order valence-electron chi connectivity index (χ4n) is 3.63. The van der Waals surface area contributed by atoms with E-state index < -0.39 is 0 Å². The normalized spacial score (nSPS) is 31.6. The molecule has 4 heteroatoms. The summed E-state index contributed by atoms with van der Waals surface area (Å²) < 4.78 is 0. The van der Waals surface area contributed by atoms with Crippen molar-refractivity contribution < 1.29 is 9.90 Å². The van der Waals surface area contributed by atoms with Gasteiger partial charge in [0.25, 0.3) is 0 Å². The van der Waals surface area contributed by atoms with Crippen LogP contribution in [0.5, 0.6) is 0 Å². The van der Waals surface area contributed by atoms with Crippen LogP contribution in [-0.4, -0.2) is 47.7 Å². The monoisotopic (exact) mass is 302 g/mol. The van der Waals surface area contributed by atoms with Crippen molar-refractivity contribution in [2.45, 2.75) is 44.8 Å². The second-order valence-electron chi connectivity index (χ2n) is 7.16. The Balaban J connectivity index is 1.53. The molecule has 0 aliphatic carbocycles. The topological polar surface area (TPSA) is 52.6 Å². The van der Waals surface area contributed by atoms with E-state index in [-0.39, 0.29) is 23.5 Å². The van der Waals surface area contributed by atoms with Gasteiger partial charge < -0.3 is 15.3 Å². The second-order valence-corrected chi connectivity index (χ2v) is 7.16. The lowest BCUT2D eigenvalue weighted by atomic mass is 9.83. The first-order valence-electron chi connectivity index (χ1n) is 8.30. The predicted molar refractivity (Wildman–Crippen MR) is 86.5 cm³/mol. The first-order chi connectivity index (χ1) is 10.6. The molecule has 2 fully saturated rings. The van der Waals surface area contributed by atoms with Crippen LogP contribution in [0.15, 0.2) is 30.3 Å². The number of nitrogens with zero attached hydrogens (tertiary/aromatic N) is 1. The van der Waals surface area contributed by atoms with Crippen LogP contribution in [0.3, 0.4) is 0 Å². The van der Waals surface area contributed by atoms with Crippen molar-refractivity contribution in [3.63, 3.8) is 0 Å². The van der Waals surface area contributed by atoms with E-state index in [2.05, 4.69) is 36.5 Å². The zero-order valence-corrected chi connectivity index (χ0v) is 13.3. The molecular formula is C18H26N2O2. The molecule has 2 N–H and O–H groups in total. The molecule has 0 aromatic heterocycles. The lowest BCUT2D eigenvalue weighted by Gasteiger charge is -2.26. The van der Waals surface area contributed by atoms with E-state index >= 15 is 0 Å². The summed E-state index contributed by atoms with van der Waals surface area (Å²) in [6, 6.07) is 10.4. The molecular weight excluding hydrogens is 276 g/mol. The number of hydrogen-bond donors (Lipinski definition) is 2. The number of aryl methyl sites for hydroxylation is 1. The maximum absolute atomic E-state index is 12.5. The summed E-state index contributed by atoms with van der Waals surface area (Å²) in [4.78, 5) is 14.5. The summed E-state index contributed by atoms with van der Waals surface area (Å²) in [5.41, 5.74) is 1.58. The third-order valence-electron chi connectivity index (χ3n) is 5.14. The summed E-state index contributed by atoms with van der Waals surface area (Å²) in [6.45, 7) is 4.51. The Morgan fingerprint density at radius 3 is 2.86 bits per heavy atom. The molecule has 1 amide bonds. The van der Waals surface area contributed by atoms with Crippen molar-refractivity contribution in [2.75, 3.05) is 19.6 Å². The molecule has 0 bridgehead atoms. The van der Waals surface area contributed by atoms with Gasteiger partial charge in [-0.3, -0.25) is 4.79 Å². The number of amides is 1. The first-order valence-corrected chi connectivity index (χ1v) is 8.30. The van der Waals surface area contributed by atoms with Crippen LogP contribution in [0.2, 0.25) is 0 Å². The van der Waals surface area contributed by atoms with Crippen LogP contribution in [-0.2, 0) is 11.2 Å². The third kappa shape index (κ3) is 3.50. The minimum absolute atomic E-state index is 0.167. The quantitative estimate of drug-likeness (QED) is 0.888. The smallest absolute Gasteiger partial charge is 0.239 e. The van der Waals surface area contributed by atoms with Crippen molar-refractivity contribution >= 4 is 5.91 Å². The highest BCUT2D eigenvalue weighted by molar-refractivity contribution is 5.82. The Morgan fingerprint density at radius 1 is 1.41 bits per heavy atom. The predicted octanol–water partition coefficient (Wildman–Crippen LogP) is 1.58. The molecule has 22 heavy (non-hydrogen) atoms. The molecule has 4 nitrogen and oxygen atoms in total. The minimum Gasteiger partial charge on any atom is -0.392 e. The number of carbonyl (C=O) groups is 1. The maximum Gasteiger partial charge on any atom is 0.239 e. The number of carbonyl (C=O) groups excluding carboxylic acids is 1. The number of aliphatic hydroxyl groups is 1. The van der Waals surface area contributed by atoms with Gasteiger partial charge in [0.2, 0.25) is 5.91 Å². The van der Waals surface area contributed by atoms with Crippen molar-refractivity contribution in [1.29, 1.82) is 0 Å². The number of hydrogen-bond acceptors (Lipinski definition) is 3. The second kappa shape index (κ2) is 6.39. The van der Waals surface area contributed by atoms with Crippen LogP contribution >= 0.6 is 0 Å². The molecule has 2 saturated heterocycles. The standard InChI is InChI=1S/C18H26N2O2/c1-18(8-7-14-5-3-2-4-6-14)9-10-20(13-18)17(22)16-11-15(21)12-19-16/h2-6,15-16,19,21H,7-13H2,1H3. The van der Waals surface area contributed by atoms with E-state index in [1.807, 2.05) is 11.0 Å². The zero-order chi connectivity index (χ0) is 15.6. The van der Waals surface area contributed by atoms with Crippen molar-refractivity contribution in [3.8, 4) is 0 Å². The Hall–Kier alpha value is -1.39. The number of benzene rings is 1. The Kier molecular flexibility index (Phi) is 4.50. The fraction of sp³-hybridized carbons (Fsp3) is 0.611. The molecule has 2 aliphatic rings. The largest absolute Gasteiger partial charge is 0.392 e. The molecule has 0 spiro atoms. The van der Waals surface area contributed by atoms with E-state index in [1.165, 1.54) is 5.56 Å². The van der Waals surface area contributed by atoms with Gasteiger partial charge in [-0.15, -0.1) is 0 Å². The van der Waals surface area contributed by atoms with E-state index in [9.17, 15) is 9.90 Å². The maximum atomic E-state index is 12.5. The molecule has 2 aliphatic heterocycles. The summed E-state index contributed by atoms with van der Waals surface area (Å²) in [5.74, 6) is 0.167. The number of likely N-dealkylation sites (tertiary alicyclic amines) is 1. The molecule has 1 aromatic rings. The Morgan fingerprint density at radius 2 is 2.18 bits per heavy atom. The molecule has 120 valence electrons. The first kappa shape index (κ1) is 15.5. The Bertz CT molecular complexity index is 519. The summed E-state index contributed by atoms with van der Waals surface area (Å²) in [6.07, 6.45) is 3.43. The van der Waals surface area contributed by atoms with Gasteiger partial charge in [0.05, 0.1) is 12.1 Å². The van der Waals surface area contributed by atoms with Crippen LogP contribution in [0.1, 0.15) is 31.7 Å². The van der Waals surface area contributed by atoms with E-state index in [0.29, 0.717) is 13.0 Å². The van der Waals surface area contributed by atoms with Crippen LogP contribution in [0, 0.1) is 5.41 Å². The average molecular weight is 302 g/mol. The van der Waals surface area contributed by atoms with Crippen LogP contribution in [0.4, 0.5) is 0 Å². The van der Waals surface area contributed by atoms with Gasteiger partial charge in [0, 0.05) is 19.6 Å². The molecule has 3 unspecified atom stereocenters. The molecule has 3 atom stereocenters. The molecule has 0 radical (unpaired) electrons. The van der Waals surface area contributed by atoms with Crippen molar-refractivity contribution in [3.05, 3.63) is 35.9 Å². The van der Waals surface area contributed by atoms with Gasteiger partial charge in [-0.25, -0.2) is 0 Å². The highest BCUT2D eigenvalue weighted by atomic mass is 16.3. The summed E-state index contributed by atoms with van der Waals surface area (Å²) in [5, 5.41) is 12.7. The van der Waals surface area contributed by atoms with E-state index in [4.69, 9.17) is 0 Å².